The summed E-state index contributed by atoms with van der Waals surface area (Å²) in [6.07, 6.45) is 1.54. The Morgan fingerprint density at radius 3 is 1.77 bits per heavy atom. The summed E-state index contributed by atoms with van der Waals surface area (Å²) in [5.41, 5.74) is 7.82. The fourth-order valence-electron chi connectivity index (χ4n) is 1.14. The second-order valence-corrected chi connectivity index (χ2v) is 3.51. The van der Waals surface area contributed by atoms with E-state index in [9.17, 15) is 0 Å². The number of nitrogen functional groups attached to an aromatic ring is 1. The molecule has 1 heterocycles. The Morgan fingerprint density at radius 2 is 1.46 bits per heavy atom. The fourth-order valence-corrected chi connectivity index (χ4v) is 1.73. The van der Waals surface area contributed by atoms with Gasteiger partial charge in [0.05, 0.1) is 27.1 Å². The van der Waals surface area contributed by atoms with Crippen LogP contribution in [0.15, 0.2) is 0 Å². The van der Waals surface area contributed by atoms with Crippen molar-refractivity contribution < 1.29 is 0 Å². The Labute approximate surface area is 88.1 Å². The van der Waals surface area contributed by atoms with Crippen molar-refractivity contribution in [3.63, 3.8) is 0 Å². The van der Waals surface area contributed by atoms with Crippen molar-refractivity contribution in [2.24, 2.45) is 0 Å². The van der Waals surface area contributed by atoms with Gasteiger partial charge in [-0.3, -0.25) is 4.98 Å². The van der Waals surface area contributed by atoms with Crippen LogP contribution in [0.25, 0.3) is 0 Å². The number of aryl methyl sites for hydroxylation is 2. The highest BCUT2D eigenvalue weighted by molar-refractivity contribution is 6.39. The summed E-state index contributed by atoms with van der Waals surface area (Å²) < 4.78 is 0. The number of hydrogen-bond donors (Lipinski definition) is 1. The first-order valence-electron chi connectivity index (χ1n) is 4.24. The number of halogens is 2. The van der Waals surface area contributed by atoms with E-state index in [4.69, 9.17) is 28.9 Å². The average molecular weight is 219 g/mol. The summed E-state index contributed by atoms with van der Waals surface area (Å²) >= 11 is 11.9. The van der Waals surface area contributed by atoms with Gasteiger partial charge in [-0.25, -0.2) is 0 Å². The van der Waals surface area contributed by atoms with E-state index in [2.05, 4.69) is 4.98 Å². The molecule has 13 heavy (non-hydrogen) atoms. The predicted octanol–water partition coefficient (Wildman–Crippen LogP) is 3.10. The molecular weight excluding hydrogens is 207 g/mol. The lowest BCUT2D eigenvalue weighted by atomic mass is 10.2. The molecule has 0 fully saturated rings. The molecule has 0 atom stereocenters. The van der Waals surface area contributed by atoms with Crippen molar-refractivity contribution in [2.45, 2.75) is 26.7 Å². The molecule has 1 aromatic heterocycles. The van der Waals surface area contributed by atoms with Crippen LogP contribution in [0.4, 0.5) is 5.69 Å². The van der Waals surface area contributed by atoms with Crippen LogP contribution < -0.4 is 5.73 Å². The minimum Gasteiger partial charge on any atom is -0.396 e. The minimum atomic E-state index is 0.451. The van der Waals surface area contributed by atoms with Gasteiger partial charge in [-0.15, -0.1) is 0 Å². The number of hydrogen-bond acceptors (Lipinski definition) is 2. The van der Waals surface area contributed by atoms with Crippen molar-refractivity contribution in [2.75, 3.05) is 5.73 Å². The van der Waals surface area contributed by atoms with Crippen molar-refractivity contribution >= 4 is 28.9 Å². The van der Waals surface area contributed by atoms with Crippen LogP contribution in [0.5, 0.6) is 0 Å². The quantitative estimate of drug-likeness (QED) is 0.829. The lowest BCUT2D eigenvalue weighted by molar-refractivity contribution is 0.957. The van der Waals surface area contributed by atoms with Gasteiger partial charge in [-0.2, -0.15) is 0 Å². The van der Waals surface area contributed by atoms with Crippen LogP contribution in [0.2, 0.25) is 10.0 Å². The first-order chi connectivity index (χ1) is 6.11. The van der Waals surface area contributed by atoms with Gasteiger partial charge in [0, 0.05) is 0 Å². The van der Waals surface area contributed by atoms with Crippen LogP contribution in [0.1, 0.15) is 25.2 Å². The van der Waals surface area contributed by atoms with Gasteiger partial charge in [0.1, 0.15) is 0 Å². The molecule has 4 heteroatoms. The number of nitrogens with zero attached hydrogens (tertiary/aromatic N) is 1. The molecule has 2 N–H and O–H groups in total. The topological polar surface area (TPSA) is 38.9 Å². The Hall–Kier alpha value is -0.470. The van der Waals surface area contributed by atoms with Crippen LogP contribution in [0, 0.1) is 0 Å². The van der Waals surface area contributed by atoms with Gasteiger partial charge < -0.3 is 5.73 Å². The number of anilines is 1. The zero-order valence-electron chi connectivity index (χ0n) is 7.69. The molecule has 1 rings (SSSR count). The lowest BCUT2D eigenvalue weighted by Gasteiger charge is -2.09. The molecule has 0 amide bonds. The molecule has 0 saturated carbocycles. The van der Waals surface area contributed by atoms with E-state index in [-0.39, 0.29) is 0 Å². The minimum absolute atomic E-state index is 0.451. The predicted molar refractivity (Wildman–Crippen MR) is 57.4 cm³/mol. The third-order valence-corrected chi connectivity index (χ3v) is 2.76. The summed E-state index contributed by atoms with van der Waals surface area (Å²) in [5, 5.41) is 0.981. The maximum absolute atomic E-state index is 5.96. The van der Waals surface area contributed by atoms with Crippen LogP contribution >= 0.6 is 23.2 Å². The second kappa shape index (κ2) is 4.16. The third kappa shape index (κ3) is 1.89. The molecule has 0 saturated heterocycles. The monoisotopic (exact) mass is 218 g/mol. The van der Waals surface area contributed by atoms with Crippen molar-refractivity contribution in [3.05, 3.63) is 21.4 Å². The van der Waals surface area contributed by atoms with Gasteiger partial charge in [0.25, 0.3) is 0 Å². The second-order valence-electron chi connectivity index (χ2n) is 2.75. The maximum Gasteiger partial charge on any atom is 0.0866 e. The molecule has 0 aliphatic rings. The molecule has 0 spiro atoms. The molecule has 0 bridgehead atoms. The molecule has 0 aliphatic heterocycles. The number of rotatable bonds is 2. The Kier molecular flexibility index (Phi) is 3.40. The van der Waals surface area contributed by atoms with Gasteiger partial charge in [-0.1, -0.05) is 37.0 Å². The van der Waals surface area contributed by atoms with Crippen molar-refractivity contribution in [1.29, 1.82) is 0 Å². The summed E-state index contributed by atoms with van der Waals surface area (Å²) in [7, 11) is 0. The molecule has 72 valence electrons. The summed E-state index contributed by atoms with van der Waals surface area (Å²) in [6.45, 7) is 3.97. The Morgan fingerprint density at radius 1 is 1.08 bits per heavy atom. The molecule has 0 unspecified atom stereocenters. The first-order valence-corrected chi connectivity index (χ1v) is 4.99. The van der Waals surface area contributed by atoms with E-state index in [1.165, 1.54) is 0 Å². The van der Waals surface area contributed by atoms with E-state index in [0.29, 0.717) is 15.7 Å². The van der Waals surface area contributed by atoms with Crippen LogP contribution in [0.3, 0.4) is 0 Å². The fraction of sp³-hybridized carbons (Fsp3) is 0.444. The van der Waals surface area contributed by atoms with Crippen LogP contribution in [-0.2, 0) is 12.8 Å². The highest BCUT2D eigenvalue weighted by Gasteiger charge is 2.12. The molecular formula is C9H12Cl2N2. The smallest absolute Gasteiger partial charge is 0.0866 e. The average Bonchev–Trinajstić information content (AvgIpc) is 2.15. The largest absolute Gasteiger partial charge is 0.396 e. The summed E-state index contributed by atoms with van der Waals surface area (Å²) in [6, 6.07) is 0. The van der Waals surface area contributed by atoms with E-state index in [0.717, 1.165) is 24.2 Å². The normalized spacial score (nSPS) is 10.5. The van der Waals surface area contributed by atoms with Crippen molar-refractivity contribution in [3.8, 4) is 0 Å². The van der Waals surface area contributed by atoms with E-state index in [1.54, 1.807) is 0 Å². The molecule has 0 aliphatic carbocycles. The van der Waals surface area contributed by atoms with Crippen molar-refractivity contribution in [1.82, 2.24) is 4.98 Å². The Bertz CT molecular complexity index is 296. The van der Waals surface area contributed by atoms with Gasteiger partial charge >= 0.3 is 0 Å². The highest BCUT2D eigenvalue weighted by Crippen LogP contribution is 2.32. The standard InChI is InChI=1S/C9H12Cl2N2/c1-3-5-7(10)9(12)8(11)6(4-2)13-5/h3-4H2,1-2H3,(H2,12,13). The highest BCUT2D eigenvalue weighted by atomic mass is 35.5. The van der Waals surface area contributed by atoms with Crippen LogP contribution in [-0.4, -0.2) is 4.98 Å². The maximum atomic E-state index is 5.96. The van der Waals surface area contributed by atoms with Gasteiger partial charge in [-0.05, 0) is 12.8 Å². The SMILES string of the molecule is CCc1nc(CC)c(Cl)c(N)c1Cl. The van der Waals surface area contributed by atoms with Gasteiger partial charge in [0.15, 0.2) is 0 Å². The Balaban J connectivity index is 3.36. The zero-order valence-corrected chi connectivity index (χ0v) is 9.21. The molecule has 0 radical (unpaired) electrons. The van der Waals surface area contributed by atoms with Gasteiger partial charge in [0.2, 0.25) is 0 Å². The first kappa shape index (κ1) is 10.6. The molecule has 2 nitrogen and oxygen atoms in total. The van der Waals surface area contributed by atoms with E-state index in [1.807, 2.05) is 13.8 Å². The van der Waals surface area contributed by atoms with E-state index < -0.39 is 0 Å². The lowest BCUT2D eigenvalue weighted by Crippen LogP contribution is -2.01. The zero-order chi connectivity index (χ0) is 10.0. The summed E-state index contributed by atoms with van der Waals surface area (Å²) in [4.78, 5) is 4.33. The summed E-state index contributed by atoms with van der Waals surface area (Å²) in [5.74, 6) is 0. The molecule has 1 aromatic rings. The number of pyridine rings is 1. The molecule has 0 aromatic carbocycles. The third-order valence-electron chi connectivity index (χ3n) is 1.92. The number of nitrogens with two attached hydrogens (primary N) is 1. The number of aromatic nitrogens is 1. The van der Waals surface area contributed by atoms with E-state index >= 15 is 0 Å².